The molecule has 0 aliphatic heterocycles. The van der Waals surface area contributed by atoms with Crippen molar-refractivity contribution < 1.29 is 5.11 Å². The molecule has 3 heteroatoms. The molecule has 2 nitrogen and oxygen atoms in total. The van der Waals surface area contributed by atoms with E-state index in [0.29, 0.717) is 0 Å². The van der Waals surface area contributed by atoms with Crippen LogP contribution in [0.5, 0.6) is 0 Å². The molecule has 0 amide bonds. The van der Waals surface area contributed by atoms with Gasteiger partial charge in [-0.1, -0.05) is 26.7 Å². The third-order valence-corrected chi connectivity index (χ3v) is 2.05. The van der Waals surface area contributed by atoms with Gasteiger partial charge in [0.25, 0.3) is 0 Å². The SMILES string of the molecule is CCCCC(N)(CC)CO.Cl. The van der Waals surface area contributed by atoms with Gasteiger partial charge in [0.2, 0.25) is 0 Å². The van der Waals surface area contributed by atoms with E-state index in [1.807, 2.05) is 6.92 Å². The van der Waals surface area contributed by atoms with Gasteiger partial charge < -0.3 is 10.8 Å². The summed E-state index contributed by atoms with van der Waals surface area (Å²) in [5.41, 5.74) is 5.52. The lowest BCUT2D eigenvalue weighted by Gasteiger charge is -2.24. The fraction of sp³-hybridized carbons (Fsp3) is 1.00. The first-order chi connectivity index (χ1) is 4.68. The van der Waals surface area contributed by atoms with Crippen LogP contribution in [0.25, 0.3) is 0 Å². The summed E-state index contributed by atoms with van der Waals surface area (Å²) < 4.78 is 0. The van der Waals surface area contributed by atoms with E-state index < -0.39 is 0 Å². The summed E-state index contributed by atoms with van der Waals surface area (Å²) in [6.07, 6.45) is 4.07. The molecule has 0 spiro atoms. The first-order valence-corrected chi connectivity index (χ1v) is 4.08. The highest BCUT2D eigenvalue weighted by atomic mass is 35.5. The monoisotopic (exact) mass is 181 g/mol. The molecular formula is C8H20ClNO. The second-order valence-electron chi connectivity index (χ2n) is 2.98. The quantitative estimate of drug-likeness (QED) is 0.678. The van der Waals surface area contributed by atoms with Crippen molar-refractivity contribution in [3.05, 3.63) is 0 Å². The standard InChI is InChI=1S/C8H19NO.ClH/c1-3-5-6-8(9,4-2)7-10;/h10H,3-7,9H2,1-2H3;1H. The molecule has 1 atom stereocenters. The minimum absolute atomic E-state index is 0. The number of rotatable bonds is 5. The molecule has 0 rings (SSSR count). The summed E-state index contributed by atoms with van der Waals surface area (Å²) in [6.45, 7) is 4.27. The zero-order valence-corrected chi connectivity index (χ0v) is 8.28. The molecule has 0 saturated carbocycles. The topological polar surface area (TPSA) is 46.2 Å². The van der Waals surface area contributed by atoms with Gasteiger partial charge in [0.05, 0.1) is 6.61 Å². The maximum Gasteiger partial charge on any atom is 0.0611 e. The molecule has 0 fully saturated rings. The van der Waals surface area contributed by atoms with Crippen LogP contribution in [0.1, 0.15) is 39.5 Å². The molecule has 0 aliphatic carbocycles. The molecule has 0 saturated heterocycles. The van der Waals surface area contributed by atoms with Crippen LogP contribution in [0.4, 0.5) is 0 Å². The summed E-state index contributed by atoms with van der Waals surface area (Å²) in [6, 6.07) is 0. The number of aliphatic hydroxyl groups excluding tert-OH is 1. The van der Waals surface area contributed by atoms with E-state index in [4.69, 9.17) is 10.8 Å². The van der Waals surface area contributed by atoms with Gasteiger partial charge in [-0.25, -0.2) is 0 Å². The predicted molar refractivity (Wildman–Crippen MR) is 51.1 cm³/mol. The van der Waals surface area contributed by atoms with Gasteiger partial charge in [-0.2, -0.15) is 0 Å². The Labute approximate surface area is 75.6 Å². The first-order valence-electron chi connectivity index (χ1n) is 4.08. The number of nitrogens with two attached hydrogens (primary N) is 1. The van der Waals surface area contributed by atoms with Crippen LogP contribution >= 0.6 is 12.4 Å². The minimum atomic E-state index is -0.310. The maximum absolute atomic E-state index is 8.89. The fourth-order valence-electron chi connectivity index (χ4n) is 0.896. The van der Waals surface area contributed by atoms with Crippen LogP contribution in [0.2, 0.25) is 0 Å². The summed E-state index contributed by atoms with van der Waals surface area (Å²) in [5, 5.41) is 8.89. The Kier molecular flexibility index (Phi) is 8.63. The van der Waals surface area contributed by atoms with E-state index in [2.05, 4.69) is 6.92 Å². The molecule has 0 radical (unpaired) electrons. The second-order valence-corrected chi connectivity index (χ2v) is 2.98. The Morgan fingerprint density at radius 1 is 1.36 bits per heavy atom. The van der Waals surface area contributed by atoms with Crippen LogP contribution in [0.15, 0.2) is 0 Å². The van der Waals surface area contributed by atoms with Crippen molar-refractivity contribution in [2.75, 3.05) is 6.61 Å². The Morgan fingerprint density at radius 3 is 2.18 bits per heavy atom. The van der Waals surface area contributed by atoms with Crippen molar-refractivity contribution in [1.82, 2.24) is 0 Å². The Bertz CT molecular complexity index is 84.2. The van der Waals surface area contributed by atoms with Gasteiger partial charge in [-0.3, -0.25) is 0 Å². The molecule has 0 aromatic rings. The van der Waals surface area contributed by atoms with E-state index in [9.17, 15) is 0 Å². The maximum atomic E-state index is 8.89. The van der Waals surface area contributed by atoms with E-state index in [-0.39, 0.29) is 24.6 Å². The van der Waals surface area contributed by atoms with Crippen molar-refractivity contribution >= 4 is 12.4 Å². The lowest BCUT2D eigenvalue weighted by Crippen LogP contribution is -2.42. The highest BCUT2D eigenvalue weighted by molar-refractivity contribution is 5.85. The van der Waals surface area contributed by atoms with Crippen molar-refractivity contribution in [3.8, 4) is 0 Å². The summed E-state index contributed by atoms with van der Waals surface area (Å²) in [5.74, 6) is 0. The van der Waals surface area contributed by atoms with Crippen molar-refractivity contribution in [3.63, 3.8) is 0 Å². The Morgan fingerprint density at radius 2 is 1.91 bits per heavy atom. The number of unbranched alkanes of at least 4 members (excludes halogenated alkanes) is 1. The van der Waals surface area contributed by atoms with E-state index in [0.717, 1.165) is 25.7 Å². The smallest absolute Gasteiger partial charge is 0.0611 e. The van der Waals surface area contributed by atoms with Crippen LogP contribution in [0.3, 0.4) is 0 Å². The van der Waals surface area contributed by atoms with Crippen molar-refractivity contribution in [2.45, 2.75) is 45.1 Å². The molecular weight excluding hydrogens is 162 g/mol. The zero-order chi connectivity index (χ0) is 8.04. The lowest BCUT2D eigenvalue weighted by molar-refractivity contribution is 0.180. The normalized spacial score (nSPS) is 15.3. The Balaban J connectivity index is 0. The van der Waals surface area contributed by atoms with Gasteiger partial charge in [0.1, 0.15) is 0 Å². The largest absolute Gasteiger partial charge is 0.394 e. The van der Waals surface area contributed by atoms with Gasteiger partial charge in [-0.15, -0.1) is 12.4 Å². The average molecular weight is 182 g/mol. The predicted octanol–water partition coefficient (Wildman–Crippen LogP) is 1.70. The second kappa shape index (κ2) is 6.89. The highest BCUT2D eigenvalue weighted by Crippen LogP contribution is 2.13. The number of halogens is 1. The first kappa shape index (κ1) is 13.8. The molecule has 0 aromatic carbocycles. The van der Waals surface area contributed by atoms with E-state index >= 15 is 0 Å². The lowest BCUT2D eigenvalue weighted by atomic mass is 9.92. The highest BCUT2D eigenvalue weighted by Gasteiger charge is 2.19. The van der Waals surface area contributed by atoms with E-state index in [1.165, 1.54) is 0 Å². The van der Waals surface area contributed by atoms with Gasteiger partial charge in [0.15, 0.2) is 0 Å². The van der Waals surface area contributed by atoms with Crippen LogP contribution in [0, 0.1) is 0 Å². The van der Waals surface area contributed by atoms with Gasteiger partial charge >= 0.3 is 0 Å². The van der Waals surface area contributed by atoms with Crippen molar-refractivity contribution in [2.24, 2.45) is 5.73 Å². The van der Waals surface area contributed by atoms with Gasteiger partial charge in [0, 0.05) is 5.54 Å². The summed E-state index contributed by atoms with van der Waals surface area (Å²) in [4.78, 5) is 0. The number of hydrogen-bond donors (Lipinski definition) is 2. The third kappa shape index (κ3) is 5.48. The molecule has 0 aromatic heterocycles. The van der Waals surface area contributed by atoms with E-state index in [1.54, 1.807) is 0 Å². The molecule has 3 N–H and O–H groups in total. The zero-order valence-electron chi connectivity index (χ0n) is 7.47. The minimum Gasteiger partial charge on any atom is -0.394 e. The molecule has 70 valence electrons. The third-order valence-electron chi connectivity index (χ3n) is 2.05. The summed E-state index contributed by atoms with van der Waals surface area (Å²) in [7, 11) is 0. The summed E-state index contributed by atoms with van der Waals surface area (Å²) >= 11 is 0. The van der Waals surface area contributed by atoms with Crippen LogP contribution in [-0.4, -0.2) is 17.3 Å². The Hall–Kier alpha value is 0.210. The molecule has 0 bridgehead atoms. The van der Waals surface area contributed by atoms with Crippen LogP contribution < -0.4 is 5.73 Å². The van der Waals surface area contributed by atoms with Crippen LogP contribution in [-0.2, 0) is 0 Å². The number of aliphatic hydroxyl groups is 1. The molecule has 0 aliphatic rings. The number of hydrogen-bond acceptors (Lipinski definition) is 2. The molecule has 1 unspecified atom stereocenters. The van der Waals surface area contributed by atoms with Crippen molar-refractivity contribution in [1.29, 1.82) is 0 Å². The van der Waals surface area contributed by atoms with Gasteiger partial charge in [-0.05, 0) is 12.8 Å². The molecule has 11 heavy (non-hydrogen) atoms. The average Bonchev–Trinajstić information content (AvgIpc) is 2.00. The molecule has 0 heterocycles. The fourth-order valence-corrected chi connectivity index (χ4v) is 0.896.